The van der Waals surface area contributed by atoms with E-state index in [1.807, 2.05) is 11.0 Å². The third-order valence-electron chi connectivity index (χ3n) is 6.03. The van der Waals surface area contributed by atoms with Gasteiger partial charge in [-0.15, -0.1) is 11.3 Å². The lowest BCUT2D eigenvalue weighted by atomic mass is 9.97. The Bertz CT molecular complexity index is 1070. The highest BCUT2D eigenvalue weighted by atomic mass is 32.2. The van der Waals surface area contributed by atoms with Gasteiger partial charge >= 0.3 is 0 Å². The van der Waals surface area contributed by atoms with Crippen LogP contribution < -0.4 is 0 Å². The van der Waals surface area contributed by atoms with Crippen LogP contribution in [0.1, 0.15) is 18.4 Å². The van der Waals surface area contributed by atoms with Crippen LogP contribution in [0.2, 0.25) is 0 Å². The minimum absolute atomic E-state index is 0.0195. The number of hydrogen-bond acceptors (Lipinski definition) is 7. The molecule has 172 valence electrons. The molecule has 2 aromatic rings. The monoisotopic (exact) mass is 478 g/mol. The number of carbonyl (C=O) groups excluding carboxylic acids is 1. The van der Waals surface area contributed by atoms with E-state index in [1.165, 1.54) is 21.7 Å². The molecule has 2 fully saturated rings. The van der Waals surface area contributed by atoms with Gasteiger partial charge in [-0.2, -0.15) is 4.31 Å². The molecule has 0 aliphatic carbocycles. The van der Waals surface area contributed by atoms with Crippen LogP contribution in [0.3, 0.4) is 0 Å². The molecular formula is C21H26N4O5S2. The normalized spacial score (nSPS) is 20.9. The van der Waals surface area contributed by atoms with E-state index in [1.54, 1.807) is 29.6 Å². The number of sulfonamides is 1. The molecule has 0 spiro atoms. The van der Waals surface area contributed by atoms with Crippen molar-refractivity contribution in [1.29, 1.82) is 0 Å². The van der Waals surface area contributed by atoms with E-state index in [2.05, 4.69) is 4.90 Å². The van der Waals surface area contributed by atoms with E-state index in [4.69, 9.17) is 0 Å². The summed E-state index contributed by atoms with van der Waals surface area (Å²) in [7, 11) is -3.54. The second-order valence-electron chi connectivity index (χ2n) is 8.16. The van der Waals surface area contributed by atoms with Crippen LogP contribution in [0.4, 0.5) is 5.69 Å². The third kappa shape index (κ3) is 5.01. The fourth-order valence-electron chi connectivity index (χ4n) is 4.31. The molecule has 1 aromatic carbocycles. The van der Waals surface area contributed by atoms with Gasteiger partial charge in [0.1, 0.15) is 4.21 Å². The highest BCUT2D eigenvalue weighted by Crippen LogP contribution is 2.27. The number of nitro benzene ring substituents is 1. The topological polar surface area (TPSA) is 104 Å². The molecule has 2 aliphatic rings. The zero-order chi connectivity index (χ0) is 22.7. The lowest BCUT2D eigenvalue weighted by molar-refractivity contribution is -0.384. The van der Waals surface area contributed by atoms with Crippen LogP contribution in [0.5, 0.6) is 0 Å². The Balaban J connectivity index is 1.32. The number of piperazine rings is 1. The molecule has 11 heteroatoms. The molecule has 0 radical (unpaired) electrons. The molecule has 1 aromatic heterocycles. The van der Waals surface area contributed by atoms with Crippen molar-refractivity contribution in [2.24, 2.45) is 5.92 Å². The minimum Gasteiger partial charge on any atom is -0.340 e. The van der Waals surface area contributed by atoms with Crippen molar-refractivity contribution in [3.05, 3.63) is 57.5 Å². The van der Waals surface area contributed by atoms with Gasteiger partial charge < -0.3 is 4.90 Å². The Morgan fingerprint density at radius 2 is 1.91 bits per heavy atom. The van der Waals surface area contributed by atoms with Gasteiger partial charge in [-0.05, 0) is 29.9 Å². The lowest BCUT2D eigenvalue weighted by Gasteiger charge is -2.38. The van der Waals surface area contributed by atoms with Crippen LogP contribution in [0.15, 0.2) is 46.0 Å². The van der Waals surface area contributed by atoms with Crippen LogP contribution in [-0.2, 0) is 21.4 Å². The number of benzene rings is 1. The van der Waals surface area contributed by atoms with E-state index in [-0.39, 0.29) is 24.1 Å². The van der Waals surface area contributed by atoms with E-state index in [0.29, 0.717) is 56.3 Å². The second kappa shape index (κ2) is 9.65. The molecule has 3 heterocycles. The highest BCUT2D eigenvalue weighted by Gasteiger charge is 2.36. The maximum absolute atomic E-state index is 13.1. The Morgan fingerprint density at radius 1 is 1.12 bits per heavy atom. The van der Waals surface area contributed by atoms with Crippen molar-refractivity contribution < 1.29 is 18.1 Å². The summed E-state index contributed by atoms with van der Waals surface area (Å²) in [5.41, 5.74) is 0.955. The predicted octanol–water partition coefficient (Wildman–Crippen LogP) is 2.40. The SMILES string of the molecule is O=C(C1CCCN(S(=O)(=O)c2cccs2)C1)N1CCN(Cc2cccc([N+](=O)[O-])c2)CC1. The highest BCUT2D eigenvalue weighted by molar-refractivity contribution is 7.91. The van der Waals surface area contributed by atoms with Gasteiger partial charge in [0, 0.05) is 57.9 Å². The summed E-state index contributed by atoms with van der Waals surface area (Å²) in [4.78, 5) is 27.7. The van der Waals surface area contributed by atoms with Crippen LogP contribution in [0, 0.1) is 16.0 Å². The maximum atomic E-state index is 13.1. The Kier molecular flexibility index (Phi) is 6.89. The van der Waals surface area contributed by atoms with Crippen LogP contribution in [-0.4, -0.2) is 72.6 Å². The number of nitro groups is 1. The molecule has 2 aliphatic heterocycles. The number of piperidine rings is 1. The maximum Gasteiger partial charge on any atom is 0.269 e. The summed E-state index contributed by atoms with van der Waals surface area (Å²) >= 11 is 1.20. The van der Waals surface area contributed by atoms with E-state index in [9.17, 15) is 23.3 Å². The fraction of sp³-hybridized carbons (Fsp3) is 0.476. The molecule has 2 saturated heterocycles. The quantitative estimate of drug-likeness (QED) is 0.466. The van der Waals surface area contributed by atoms with Crippen LogP contribution in [0.25, 0.3) is 0 Å². The number of rotatable bonds is 6. The van der Waals surface area contributed by atoms with Gasteiger partial charge in [-0.25, -0.2) is 8.42 Å². The summed E-state index contributed by atoms with van der Waals surface area (Å²) in [5, 5.41) is 12.7. The first-order valence-corrected chi connectivity index (χ1v) is 12.9. The van der Waals surface area contributed by atoms with Crippen molar-refractivity contribution >= 4 is 33.0 Å². The molecule has 4 rings (SSSR count). The second-order valence-corrected chi connectivity index (χ2v) is 11.3. The van der Waals surface area contributed by atoms with Gasteiger partial charge in [0.05, 0.1) is 10.8 Å². The molecule has 1 atom stereocenters. The van der Waals surface area contributed by atoms with Crippen LogP contribution >= 0.6 is 11.3 Å². The van der Waals surface area contributed by atoms with Crippen molar-refractivity contribution in [1.82, 2.24) is 14.1 Å². The number of non-ortho nitro benzene ring substituents is 1. The molecule has 1 amide bonds. The van der Waals surface area contributed by atoms with Crippen molar-refractivity contribution in [3.63, 3.8) is 0 Å². The van der Waals surface area contributed by atoms with Gasteiger partial charge in [0.15, 0.2) is 0 Å². The molecular weight excluding hydrogens is 452 g/mol. The lowest BCUT2D eigenvalue weighted by Crippen LogP contribution is -2.52. The number of amides is 1. The van der Waals surface area contributed by atoms with E-state index >= 15 is 0 Å². The first kappa shape index (κ1) is 22.8. The fourth-order valence-corrected chi connectivity index (χ4v) is 6.98. The molecule has 9 nitrogen and oxygen atoms in total. The van der Waals surface area contributed by atoms with Gasteiger partial charge in [0.25, 0.3) is 15.7 Å². The molecule has 0 bridgehead atoms. The summed E-state index contributed by atoms with van der Waals surface area (Å²) in [6.45, 7) is 3.77. The number of thiophene rings is 1. The summed E-state index contributed by atoms with van der Waals surface area (Å²) in [5.74, 6) is -0.298. The van der Waals surface area contributed by atoms with Crippen molar-refractivity contribution in [2.75, 3.05) is 39.3 Å². The van der Waals surface area contributed by atoms with Gasteiger partial charge in [-0.3, -0.25) is 19.8 Å². The van der Waals surface area contributed by atoms with Gasteiger partial charge in [-0.1, -0.05) is 18.2 Å². The average molecular weight is 479 g/mol. The molecule has 1 unspecified atom stereocenters. The molecule has 32 heavy (non-hydrogen) atoms. The van der Waals surface area contributed by atoms with E-state index < -0.39 is 14.9 Å². The smallest absolute Gasteiger partial charge is 0.269 e. The van der Waals surface area contributed by atoms with Crippen molar-refractivity contribution in [2.45, 2.75) is 23.6 Å². The van der Waals surface area contributed by atoms with Crippen molar-refractivity contribution in [3.8, 4) is 0 Å². The molecule has 0 N–H and O–H groups in total. The van der Waals surface area contributed by atoms with E-state index in [0.717, 1.165) is 5.56 Å². The number of hydrogen-bond donors (Lipinski definition) is 0. The average Bonchev–Trinajstić information content (AvgIpc) is 3.35. The zero-order valence-electron chi connectivity index (χ0n) is 17.6. The predicted molar refractivity (Wildman–Crippen MR) is 121 cm³/mol. The standard InChI is InChI=1S/C21H26N4O5S2/c26-21(18-5-2-8-24(16-18)32(29,30)20-7-3-13-31-20)23-11-9-22(10-12-23)15-17-4-1-6-19(14-17)25(27)28/h1,3-4,6-7,13-14,18H,2,5,8-12,15-16H2. The minimum atomic E-state index is -3.54. The first-order chi connectivity index (χ1) is 15.3. The third-order valence-corrected chi connectivity index (χ3v) is 9.27. The van der Waals surface area contributed by atoms with Gasteiger partial charge in [0.2, 0.25) is 5.91 Å². The first-order valence-electron chi connectivity index (χ1n) is 10.6. The summed E-state index contributed by atoms with van der Waals surface area (Å²) in [6, 6.07) is 9.94. The summed E-state index contributed by atoms with van der Waals surface area (Å²) < 4.78 is 27.4. The number of nitrogens with zero attached hydrogens (tertiary/aromatic N) is 4. The molecule has 0 saturated carbocycles. The Hall–Kier alpha value is -2.34. The Morgan fingerprint density at radius 3 is 2.59 bits per heavy atom. The Labute approximate surface area is 191 Å². The number of carbonyl (C=O) groups is 1. The summed E-state index contributed by atoms with van der Waals surface area (Å²) in [6.07, 6.45) is 1.37. The zero-order valence-corrected chi connectivity index (χ0v) is 19.3. The largest absolute Gasteiger partial charge is 0.340 e.